The number of nitrogens with zero attached hydrogens (tertiary/aromatic N) is 1. The van der Waals surface area contributed by atoms with Crippen LogP contribution in [0.15, 0.2) is 30.3 Å². The van der Waals surface area contributed by atoms with Gasteiger partial charge in [-0.15, -0.1) is 0 Å². The molecule has 0 spiro atoms. The smallest absolute Gasteiger partial charge is 0.245 e. The summed E-state index contributed by atoms with van der Waals surface area (Å²) in [5, 5.41) is 8.28. The first-order chi connectivity index (χ1) is 17.7. The Morgan fingerprint density at radius 2 is 1.57 bits per heavy atom. The van der Waals surface area contributed by atoms with Crippen molar-refractivity contribution >= 4 is 23.6 Å². The van der Waals surface area contributed by atoms with Crippen LogP contribution in [-0.4, -0.2) is 79.5 Å². The fraction of sp³-hybridized carbons (Fsp3) is 0.593. The maximum Gasteiger partial charge on any atom is 0.245 e. The molecule has 205 valence electrons. The van der Waals surface area contributed by atoms with Gasteiger partial charge in [0.2, 0.25) is 23.6 Å². The first-order valence-electron chi connectivity index (χ1n) is 13.0. The summed E-state index contributed by atoms with van der Waals surface area (Å²) in [5.41, 5.74) is 6.49. The summed E-state index contributed by atoms with van der Waals surface area (Å²) in [6, 6.07) is 6.79. The molecule has 1 aromatic carbocycles. The summed E-state index contributed by atoms with van der Waals surface area (Å²) < 4.78 is 5.35. The Kier molecular flexibility index (Phi) is 13.1. The Hall–Kier alpha value is -2.98. The number of nitrogens with one attached hydrogen (secondary N) is 3. The molecule has 3 atom stereocenters. The van der Waals surface area contributed by atoms with Crippen molar-refractivity contribution in [2.24, 2.45) is 11.7 Å². The second-order valence-electron chi connectivity index (χ2n) is 9.78. The number of ether oxygens (including phenoxy) is 1. The lowest BCUT2D eigenvalue weighted by Crippen LogP contribution is -2.58. The number of hydrogen-bond acceptors (Lipinski definition) is 6. The first-order valence-corrected chi connectivity index (χ1v) is 13.0. The van der Waals surface area contributed by atoms with E-state index in [4.69, 9.17) is 10.5 Å². The van der Waals surface area contributed by atoms with Gasteiger partial charge in [0.05, 0.1) is 13.2 Å². The van der Waals surface area contributed by atoms with Gasteiger partial charge in [-0.3, -0.25) is 19.2 Å². The first kappa shape index (κ1) is 30.2. The SMILES string of the molecule is [CH2]C(=O)N[C@H](Cc1ccccc1)C(=O)N[C@H](CC(C)C)C(=O)N[C@H](CCCCN)C(=O)N1CCOCC1. The van der Waals surface area contributed by atoms with Crippen molar-refractivity contribution in [3.63, 3.8) is 0 Å². The Balaban J connectivity index is 2.15. The summed E-state index contributed by atoms with van der Waals surface area (Å²) in [5.74, 6) is -1.56. The quantitative estimate of drug-likeness (QED) is 0.266. The monoisotopic (exact) mass is 516 g/mol. The third kappa shape index (κ3) is 10.9. The van der Waals surface area contributed by atoms with Crippen LogP contribution in [0.2, 0.25) is 0 Å². The lowest BCUT2D eigenvalue weighted by atomic mass is 10.00. The third-order valence-corrected chi connectivity index (χ3v) is 6.16. The van der Waals surface area contributed by atoms with Gasteiger partial charge in [-0.05, 0) is 43.7 Å². The molecule has 1 saturated heterocycles. The zero-order valence-corrected chi connectivity index (χ0v) is 22.0. The Labute approximate surface area is 220 Å². The molecule has 1 aliphatic heterocycles. The van der Waals surface area contributed by atoms with Gasteiger partial charge >= 0.3 is 0 Å². The van der Waals surface area contributed by atoms with Gasteiger partial charge in [0.1, 0.15) is 18.1 Å². The standard InChI is InChI=1S/C27H42N5O5/c1-19(2)17-23(31-26(35)24(29-20(3)33)18-21-9-5-4-6-10-21)25(34)30-22(11-7-8-12-28)27(36)32-13-15-37-16-14-32/h4-6,9-10,19,22-24H,3,7-8,11-18,28H2,1-2H3,(H,29,33)(H,30,34)(H,31,35)/t22-,23-,24-/m1/s1. The number of amides is 4. The molecule has 0 unspecified atom stereocenters. The lowest BCUT2D eigenvalue weighted by Gasteiger charge is -2.32. The molecule has 1 aliphatic rings. The van der Waals surface area contributed by atoms with E-state index in [1.54, 1.807) is 4.90 Å². The van der Waals surface area contributed by atoms with Crippen molar-refractivity contribution in [2.45, 2.75) is 64.1 Å². The molecule has 10 heteroatoms. The molecule has 37 heavy (non-hydrogen) atoms. The molecular formula is C27H42N5O5. The zero-order valence-electron chi connectivity index (χ0n) is 22.0. The van der Waals surface area contributed by atoms with Crippen LogP contribution in [0, 0.1) is 12.8 Å². The molecule has 1 heterocycles. The van der Waals surface area contributed by atoms with Crippen LogP contribution < -0.4 is 21.7 Å². The summed E-state index contributed by atoms with van der Waals surface area (Å²) in [7, 11) is 0. The van der Waals surface area contributed by atoms with Gasteiger partial charge in [-0.2, -0.15) is 0 Å². The van der Waals surface area contributed by atoms with Crippen LogP contribution in [0.4, 0.5) is 0 Å². The van der Waals surface area contributed by atoms with E-state index in [1.165, 1.54) is 0 Å². The second kappa shape index (κ2) is 16.0. The highest BCUT2D eigenvalue weighted by atomic mass is 16.5. The Morgan fingerprint density at radius 1 is 0.946 bits per heavy atom. The molecule has 2 rings (SSSR count). The van der Waals surface area contributed by atoms with Crippen LogP contribution in [-0.2, 0) is 30.3 Å². The van der Waals surface area contributed by atoms with Crippen LogP contribution in [0.25, 0.3) is 0 Å². The molecule has 5 N–H and O–H groups in total. The average molecular weight is 517 g/mol. The molecule has 4 amide bonds. The predicted octanol–water partition coefficient (Wildman–Crippen LogP) is 0.551. The number of nitrogens with two attached hydrogens (primary N) is 1. The minimum atomic E-state index is -0.898. The van der Waals surface area contributed by atoms with Crippen LogP contribution >= 0.6 is 0 Å². The summed E-state index contributed by atoms with van der Waals surface area (Å²) >= 11 is 0. The van der Waals surface area contributed by atoms with Gasteiger partial charge in [-0.1, -0.05) is 44.2 Å². The third-order valence-electron chi connectivity index (χ3n) is 6.16. The van der Waals surface area contributed by atoms with Crippen molar-refractivity contribution < 1.29 is 23.9 Å². The highest BCUT2D eigenvalue weighted by Crippen LogP contribution is 2.11. The van der Waals surface area contributed by atoms with Crippen molar-refractivity contribution in [3.8, 4) is 0 Å². The fourth-order valence-electron chi connectivity index (χ4n) is 4.26. The van der Waals surface area contributed by atoms with Gasteiger partial charge in [0.15, 0.2) is 0 Å². The summed E-state index contributed by atoms with van der Waals surface area (Å²) in [4.78, 5) is 53.2. The molecule has 10 nitrogen and oxygen atoms in total. The van der Waals surface area contributed by atoms with Gasteiger partial charge in [0.25, 0.3) is 0 Å². The van der Waals surface area contributed by atoms with E-state index >= 15 is 0 Å². The van der Waals surface area contributed by atoms with E-state index in [0.29, 0.717) is 52.1 Å². The topological polar surface area (TPSA) is 143 Å². The van der Waals surface area contributed by atoms with Crippen molar-refractivity contribution in [1.29, 1.82) is 0 Å². The van der Waals surface area contributed by atoms with Crippen molar-refractivity contribution in [1.82, 2.24) is 20.9 Å². The normalized spacial score (nSPS) is 16.0. The molecule has 0 saturated carbocycles. The number of unbranched alkanes of at least 4 members (excludes halogenated alkanes) is 1. The van der Waals surface area contributed by atoms with Crippen LogP contribution in [0.5, 0.6) is 0 Å². The second-order valence-corrected chi connectivity index (χ2v) is 9.78. The number of morpholine rings is 1. The van der Waals surface area contributed by atoms with E-state index in [0.717, 1.165) is 12.0 Å². The number of rotatable bonds is 14. The lowest BCUT2D eigenvalue weighted by molar-refractivity contribution is -0.141. The van der Waals surface area contributed by atoms with E-state index < -0.39 is 35.8 Å². The maximum atomic E-state index is 13.4. The zero-order chi connectivity index (χ0) is 27.2. The van der Waals surface area contributed by atoms with Gasteiger partial charge in [0, 0.05) is 26.4 Å². The molecule has 1 aromatic rings. The van der Waals surface area contributed by atoms with E-state index in [1.807, 2.05) is 44.2 Å². The molecule has 0 aromatic heterocycles. The highest BCUT2D eigenvalue weighted by Gasteiger charge is 2.32. The van der Waals surface area contributed by atoms with E-state index in [9.17, 15) is 19.2 Å². The molecular weight excluding hydrogens is 474 g/mol. The average Bonchev–Trinajstić information content (AvgIpc) is 2.87. The Bertz CT molecular complexity index is 873. The predicted molar refractivity (Wildman–Crippen MR) is 141 cm³/mol. The minimum Gasteiger partial charge on any atom is -0.378 e. The number of hydrogen-bond donors (Lipinski definition) is 4. The Morgan fingerprint density at radius 3 is 2.16 bits per heavy atom. The van der Waals surface area contributed by atoms with Crippen LogP contribution in [0.1, 0.15) is 45.1 Å². The van der Waals surface area contributed by atoms with E-state index in [2.05, 4.69) is 22.9 Å². The largest absolute Gasteiger partial charge is 0.378 e. The fourth-order valence-corrected chi connectivity index (χ4v) is 4.26. The summed E-state index contributed by atoms with van der Waals surface area (Å²) in [6.45, 7) is 9.59. The van der Waals surface area contributed by atoms with Crippen molar-refractivity contribution in [3.05, 3.63) is 42.8 Å². The number of carbonyl (C=O) groups is 4. The number of benzene rings is 1. The number of carbonyl (C=O) groups excluding carboxylic acids is 4. The summed E-state index contributed by atoms with van der Waals surface area (Å²) in [6.07, 6.45) is 2.50. The highest BCUT2D eigenvalue weighted by molar-refractivity contribution is 5.94. The van der Waals surface area contributed by atoms with Crippen LogP contribution in [0.3, 0.4) is 0 Å². The van der Waals surface area contributed by atoms with Crippen molar-refractivity contribution in [2.75, 3.05) is 32.8 Å². The molecule has 0 aliphatic carbocycles. The molecule has 1 radical (unpaired) electrons. The van der Waals surface area contributed by atoms with E-state index in [-0.39, 0.29) is 18.2 Å². The molecule has 0 bridgehead atoms. The van der Waals surface area contributed by atoms with Gasteiger partial charge < -0.3 is 31.3 Å². The maximum absolute atomic E-state index is 13.4. The van der Waals surface area contributed by atoms with Gasteiger partial charge in [-0.25, -0.2) is 0 Å². The molecule has 1 fully saturated rings. The minimum absolute atomic E-state index is 0.0942.